The van der Waals surface area contributed by atoms with Crippen molar-refractivity contribution in [3.63, 3.8) is 0 Å². The molecule has 2 aromatic heterocycles. The number of pyridine rings is 1. The first-order valence-electron chi connectivity index (χ1n) is 7.37. The molecule has 0 aliphatic carbocycles. The zero-order valence-electron chi connectivity index (χ0n) is 12.6. The Bertz CT molecular complexity index is 776. The zero-order chi connectivity index (χ0) is 14.8. The maximum absolute atomic E-state index is 5.62. The summed E-state index contributed by atoms with van der Waals surface area (Å²) in [5, 5.41) is 2.55. The normalized spacial score (nSPS) is 11.4. The lowest BCUT2D eigenvalue weighted by molar-refractivity contribution is 0.415. The van der Waals surface area contributed by atoms with Crippen molar-refractivity contribution in [3.05, 3.63) is 36.2 Å². The molecule has 0 radical (unpaired) electrons. The average Bonchev–Trinajstić information content (AvgIpc) is 2.82. The maximum Gasteiger partial charge on any atom is 0.121 e. The summed E-state index contributed by atoms with van der Waals surface area (Å²) < 4.78 is 7.77. The number of nitrogens with two attached hydrogens (primary N) is 1. The van der Waals surface area contributed by atoms with Gasteiger partial charge in [-0.05, 0) is 44.0 Å². The van der Waals surface area contributed by atoms with Gasteiger partial charge in [0.25, 0.3) is 0 Å². The molecule has 0 saturated heterocycles. The standard InChI is InChI=1S/C17H21N3O/c1-12-9-13(21-2)10-15-17(12)14-5-7-19-11-16(14)20(15)8-4-3-6-18/h5,7,9-11H,3-4,6,8,18H2,1-2H3. The topological polar surface area (TPSA) is 53.1 Å². The van der Waals surface area contributed by atoms with Gasteiger partial charge in [-0.2, -0.15) is 0 Å². The van der Waals surface area contributed by atoms with E-state index >= 15 is 0 Å². The van der Waals surface area contributed by atoms with Gasteiger partial charge in [-0.15, -0.1) is 0 Å². The summed E-state index contributed by atoms with van der Waals surface area (Å²) in [6.45, 7) is 3.82. The Balaban J connectivity index is 2.27. The Morgan fingerprint density at radius 1 is 1.24 bits per heavy atom. The summed E-state index contributed by atoms with van der Waals surface area (Å²) in [5.41, 5.74) is 9.25. The number of rotatable bonds is 5. The summed E-state index contributed by atoms with van der Waals surface area (Å²) in [6.07, 6.45) is 5.91. The number of unbranched alkanes of at least 4 members (excludes halogenated alkanes) is 1. The molecule has 0 spiro atoms. The summed E-state index contributed by atoms with van der Waals surface area (Å²) in [6, 6.07) is 6.30. The highest BCUT2D eigenvalue weighted by atomic mass is 16.5. The van der Waals surface area contributed by atoms with Crippen LogP contribution in [0.1, 0.15) is 18.4 Å². The minimum absolute atomic E-state index is 0.734. The average molecular weight is 283 g/mol. The van der Waals surface area contributed by atoms with Crippen LogP contribution in [0.25, 0.3) is 21.8 Å². The molecule has 21 heavy (non-hydrogen) atoms. The second kappa shape index (κ2) is 5.74. The van der Waals surface area contributed by atoms with Crippen LogP contribution in [0.15, 0.2) is 30.6 Å². The predicted molar refractivity (Wildman–Crippen MR) is 86.8 cm³/mol. The SMILES string of the molecule is COc1cc(C)c2c3ccncc3n(CCCCN)c2c1. The van der Waals surface area contributed by atoms with Gasteiger partial charge in [0, 0.05) is 29.6 Å². The lowest BCUT2D eigenvalue weighted by Crippen LogP contribution is -2.03. The van der Waals surface area contributed by atoms with Crippen LogP contribution >= 0.6 is 0 Å². The van der Waals surface area contributed by atoms with Crippen LogP contribution in [-0.2, 0) is 6.54 Å². The van der Waals surface area contributed by atoms with E-state index < -0.39 is 0 Å². The molecule has 4 nitrogen and oxygen atoms in total. The van der Waals surface area contributed by atoms with E-state index in [-0.39, 0.29) is 0 Å². The molecule has 0 bridgehead atoms. The Labute approximate surface area is 124 Å². The van der Waals surface area contributed by atoms with Crippen molar-refractivity contribution in [2.75, 3.05) is 13.7 Å². The third kappa shape index (κ3) is 2.36. The largest absolute Gasteiger partial charge is 0.497 e. The summed E-state index contributed by atoms with van der Waals surface area (Å²) in [5.74, 6) is 0.899. The Kier molecular flexibility index (Phi) is 3.80. The smallest absolute Gasteiger partial charge is 0.121 e. The first-order chi connectivity index (χ1) is 10.3. The fraction of sp³-hybridized carbons (Fsp3) is 0.353. The van der Waals surface area contributed by atoms with Crippen LogP contribution in [0.2, 0.25) is 0 Å². The molecule has 3 rings (SSSR count). The number of ether oxygens (including phenoxy) is 1. The van der Waals surface area contributed by atoms with Gasteiger partial charge in [0.2, 0.25) is 0 Å². The molecule has 110 valence electrons. The summed E-state index contributed by atoms with van der Waals surface area (Å²) in [4.78, 5) is 4.29. The zero-order valence-corrected chi connectivity index (χ0v) is 12.6. The molecule has 4 heteroatoms. The van der Waals surface area contributed by atoms with Gasteiger partial charge in [0.05, 0.1) is 24.3 Å². The van der Waals surface area contributed by atoms with Gasteiger partial charge >= 0.3 is 0 Å². The van der Waals surface area contributed by atoms with Crippen LogP contribution in [0.3, 0.4) is 0 Å². The second-order valence-corrected chi connectivity index (χ2v) is 5.38. The lowest BCUT2D eigenvalue weighted by atomic mass is 10.1. The highest BCUT2D eigenvalue weighted by molar-refractivity contribution is 6.09. The predicted octanol–water partition coefficient (Wildman–Crippen LogP) is 3.25. The van der Waals surface area contributed by atoms with E-state index in [4.69, 9.17) is 10.5 Å². The molecule has 2 heterocycles. The molecular weight excluding hydrogens is 262 g/mol. The van der Waals surface area contributed by atoms with Crippen LogP contribution in [0.5, 0.6) is 5.75 Å². The van der Waals surface area contributed by atoms with Crippen molar-refractivity contribution < 1.29 is 4.74 Å². The Hall–Kier alpha value is -2.07. The number of fused-ring (bicyclic) bond motifs is 3. The molecule has 0 aliphatic rings. The highest BCUT2D eigenvalue weighted by Gasteiger charge is 2.13. The quantitative estimate of drug-likeness (QED) is 0.731. The van der Waals surface area contributed by atoms with Crippen LogP contribution in [0, 0.1) is 6.92 Å². The fourth-order valence-corrected chi connectivity index (χ4v) is 3.01. The first kappa shape index (κ1) is 13.9. The number of methoxy groups -OCH3 is 1. The molecule has 0 unspecified atom stereocenters. The number of aromatic nitrogens is 2. The molecule has 2 N–H and O–H groups in total. The van der Waals surface area contributed by atoms with Crippen molar-refractivity contribution in [2.24, 2.45) is 5.73 Å². The van der Waals surface area contributed by atoms with Gasteiger partial charge in [-0.3, -0.25) is 4.98 Å². The lowest BCUT2D eigenvalue weighted by Gasteiger charge is -2.08. The molecular formula is C17H21N3O. The van der Waals surface area contributed by atoms with Crippen molar-refractivity contribution in [1.29, 1.82) is 0 Å². The van der Waals surface area contributed by atoms with Crippen molar-refractivity contribution >= 4 is 21.8 Å². The van der Waals surface area contributed by atoms with E-state index in [2.05, 4.69) is 34.7 Å². The first-order valence-corrected chi connectivity index (χ1v) is 7.37. The Morgan fingerprint density at radius 3 is 2.86 bits per heavy atom. The fourth-order valence-electron chi connectivity index (χ4n) is 3.01. The van der Waals surface area contributed by atoms with Gasteiger partial charge in [-0.25, -0.2) is 0 Å². The van der Waals surface area contributed by atoms with Crippen molar-refractivity contribution in [3.8, 4) is 5.75 Å². The van der Waals surface area contributed by atoms with Crippen LogP contribution < -0.4 is 10.5 Å². The summed E-state index contributed by atoms with van der Waals surface area (Å²) in [7, 11) is 1.71. The van der Waals surface area contributed by atoms with Gasteiger partial charge in [-0.1, -0.05) is 0 Å². The van der Waals surface area contributed by atoms with Crippen molar-refractivity contribution in [1.82, 2.24) is 9.55 Å². The minimum Gasteiger partial charge on any atom is -0.497 e. The number of hydrogen-bond acceptors (Lipinski definition) is 3. The van der Waals surface area contributed by atoms with E-state index in [1.54, 1.807) is 7.11 Å². The van der Waals surface area contributed by atoms with Crippen LogP contribution in [0.4, 0.5) is 0 Å². The molecule has 0 fully saturated rings. The van der Waals surface area contributed by atoms with E-state index in [0.717, 1.165) is 31.7 Å². The van der Waals surface area contributed by atoms with E-state index in [9.17, 15) is 0 Å². The van der Waals surface area contributed by atoms with E-state index in [1.165, 1.54) is 27.4 Å². The highest BCUT2D eigenvalue weighted by Crippen LogP contribution is 2.34. The molecule has 3 aromatic rings. The van der Waals surface area contributed by atoms with Gasteiger partial charge < -0.3 is 15.0 Å². The number of nitrogens with zero attached hydrogens (tertiary/aromatic N) is 2. The third-order valence-electron chi connectivity index (χ3n) is 4.01. The van der Waals surface area contributed by atoms with Crippen LogP contribution in [-0.4, -0.2) is 23.2 Å². The number of benzene rings is 1. The van der Waals surface area contributed by atoms with Gasteiger partial charge in [0.15, 0.2) is 0 Å². The number of aryl methyl sites for hydroxylation is 2. The Morgan fingerprint density at radius 2 is 2.10 bits per heavy atom. The molecule has 0 atom stereocenters. The van der Waals surface area contributed by atoms with E-state index in [0.29, 0.717) is 0 Å². The molecule has 0 saturated carbocycles. The van der Waals surface area contributed by atoms with Gasteiger partial charge in [0.1, 0.15) is 5.75 Å². The molecule has 1 aromatic carbocycles. The summed E-state index contributed by atoms with van der Waals surface area (Å²) >= 11 is 0. The van der Waals surface area contributed by atoms with Crippen molar-refractivity contribution in [2.45, 2.75) is 26.3 Å². The van der Waals surface area contributed by atoms with E-state index in [1.807, 2.05) is 12.4 Å². The third-order valence-corrected chi connectivity index (χ3v) is 4.01. The monoisotopic (exact) mass is 283 g/mol. The molecule has 0 amide bonds. The maximum atomic E-state index is 5.62. The molecule has 0 aliphatic heterocycles. The second-order valence-electron chi connectivity index (χ2n) is 5.38. The minimum atomic E-state index is 0.734. The number of hydrogen-bond donors (Lipinski definition) is 1.